The van der Waals surface area contributed by atoms with Gasteiger partial charge < -0.3 is 10.2 Å². The molecule has 5 heteroatoms. The molecular weight excluding hydrogens is 362 g/mol. The van der Waals surface area contributed by atoms with Gasteiger partial charge in [0.2, 0.25) is 11.8 Å². The zero-order valence-corrected chi connectivity index (χ0v) is 16.8. The number of piperidine rings is 1. The molecule has 2 fully saturated rings. The number of carbonyl (C=O) groups excluding carboxylic acids is 2. The van der Waals surface area contributed by atoms with Crippen LogP contribution in [0, 0.1) is 0 Å². The van der Waals surface area contributed by atoms with Gasteiger partial charge in [-0.3, -0.25) is 14.5 Å². The molecule has 2 aromatic carbocycles. The lowest BCUT2D eigenvalue weighted by Gasteiger charge is -2.31. The van der Waals surface area contributed by atoms with E-state index in [0.717, 1.165) is 50.1 Å². The molecule has 5 nitrogen and oxygen atoms in total. The van der Waals surface area contributed by atoms with E-state index < -0.39 is 0 Å². The minimum absolute atomic E-state index is 0.0713. The summed E-state index contributed by atoms with van der Waals surface area (Å²) in [5.74, 6) is 0.876. The van der Waals surface area contributed by atoms with E-state index in [-0.39, 0.29) is 11.8 Å². The largest absolute Gasteiger partial charge is 0.351 e. The molecule has 0 aromatic heterocycles. The Morgan fingerprint density at radius 2 is 1.69 bits per heavy atom. The van der Waals surface area contributed by atoms with Crippen molar-refractivity contribution in [2.45, 2.75) is 38.1 Å². The van der Waals surface area contributed by atoms with Gasteiger partial charge in [0.05, 0.1) is 6.54 Å². The van der Waals surface area contributed by atoms with Crippen molar-refractivity contribution in [1.29, 1.82) is 0 Å². The predicted octanol–water partition coefficient (Wildman–Crippen LogP) is 3.31. The third kappa shape index (κ3) is 5.04. The SMILES string of the molecule is O=C(CN1CCC(c2ccccc2)CC1)NCc1ccc(N2CCCC2=O)cc1. The number of rotatable bonds is 6. The summed E-state index contributed by atoms with van der Waals surface area (Å²) in [5.41, 5.74) is 3.41. The van der Waals surface area contributed by atoms with Crippen LogP contribution in [-0.4, -0.2) is 42.9 Å². The van der Waals surface area contributed by atoms with Gasteiger partial charge in [0.25, 0.3) is 0 Å². The summed E-state index contributed by atoms with van der Waals surface area (Å²) < 4.78 is 0. The second kappa shape index (κ2) is 9.23. The Morgan fingerprint density at radius 3 is 2.34 bits per heavy atom. The Kier molecular flexibility index (Phi) is 6.25. The van der Waals surface area contributed by atoms with Crippen LogP contribution in [0.2, 0.25) is 0 Å². The van der Waals surface area contributed by atoms with E-state index in [1.54, 1.807) is 0 Å². The van der Waals surface area contributed by atoms with Crippen LogP contribution in [0.3, 0.4) is 0 Å². The Labute approximate surface area is 172 Å². The first-order chi connectivity index (χ1) is 14.2. The molecular formula is C24H29N3O2. The molecule has 29 heavy (non-hydrogen) atoms. The van der Waals surface area contributed by atoms with Crippen LogP contribution in [0.1, 0.15) is 42.7 Å². The predicted molar refractivity (Wildman–Crippen MR) is 115 cm³/mol. The van der Waals surface area contributed by atoms with E-state index in [2.05, 4.69) is 40.5 Å². The lowest BCUT2D eigenvalue weighted by molar-refractivity contribution is -0.122. The van der Waals surface area contributed by atoms with Crippen LogP contribution < -0.4 is 10.2 Å². The van der Waals surface area contributed by atoms with E-state index in [4.69, 9.17) is 0 Å². The maximum Gasteiger partial charge on any atom is 0.234 e. The van der Waals surface area contributed by atoms with Crippen molar-refractivity contribution in [3.05, 3.63) is 65.7 Å². The first kappa shape index (κ1) is 19.6. The number of benzene rings is 2. The summed E-state index contributed by atoms with van der Waals surface area (Å²) in [7, 11) is 0. The van der Waals surface area contributed by atoms with Crippen molar-refractivity contribution < 1.29 is 9.59 Å². The second-order valence-corrected chi connectivity index (χ2v) is 8.05. The lowest BCUT2D eigenvalue weighted by atomic mass is 9.89. The number of amides is 2. The van der Waals surface area contributed by atoms with E-state index in [1.165, 1.54) is 5.56 Å². The molecule has 0 unspecified atom stereocenters. The van der Waals surface area contributed by atoms with Gasteiger partial charge >= 0.3 is 0 Å². The molecule has 0 atom stereocenters. The lowest BCUT2D eigenvalue weighted by Crippen LogP contribution is -2.41. The van der Waals surface area contributed by atoms with Gasteiger partial charge in [-0.25, -0.2) is 0 Å². The van der Waals surface area contributed by atoms with Crippen LogP contribution >= 0.6 is 0 Å². The Balaban J connectivity index is 1.20. The van der Waals surface area contributed by atoms with E-state index in [9.17, 15) is 9.59 Å². The van der Waals surface area contributed by atoms with Crippen molar-refractivity contribution in [1.82, 2.24) is 10.2 Å². The number of nitrogens with zero attached hydrogens (tertiary/aromatic N) is 2. The summed E-state index contributed by atoms with van der Waals surface area (Å²) in [6, 6.07) is 18.6. The third-order valence-corrected chi connectivity index (χ3v) is 6.04. The summed E-state index contributed by atoms with van der Waals surface area (Å²) in [5, 5.41) is 3.03. The fourth-order valence-electron chi connectivity index (χ4n) is 4.32. The maximum atomic E-state index is 12.3. The topological polar surface area (TPSA) is 52.7 Å². The van der Waals surface area contributed by atoms with Crippen molar-refractivity contribution >= 4 is 17.5 Å². The number of hydrogen-bond acceptors (Lipinski definition) is 3. The van der Waals surface area contributed by atoms with Crippen molar-refractivity contribution in [3.8, 4) is 0 Å². The normalized spacial score (nSPS) is 18.2. The van der Waals surface area contributed by atoms with Crippen LogP contribution in [-0.2, 0) is 16.1 Å². The zero-order chi connectivity index (χ0) is 20.1. The monoisotopic (exact) mass is 391 g/mol. The number of carbonyl (C=O) groups is 2. The van der Waals surface area contributed by atoms with E-state index in [1.807, 2.05) is 29.2 Å². The fraction of sp³-hybridized carbons (Fsp3) is 0.417. The Bertz CT molecular complexity index is 827. The molecule has 0 saturated carbocycles. The number of anilines is 1. The highest BCUT2D eigenvalue weighted by Crippen LogP contribution is 2.27. The maximum absolute atomic E-state index is 12.3. The highest BCUT2D eigenvalue weighted by Gasteiger charge is 2.22. The van der Waals surface area contributed by atoms with Gasteiger partial charge in [0, 0.05) is 25.2 Å². The number of hydrogen-bond donors (Lipinski definition) is 1. The minimum Gasteiger partial charge on any atom is -0.351 e. The molecule has 2 aromatic rings. The van der Waals surface area contributed by atoms with Crippen molar-refractivity contribution in [3.63, 3.8) is 0 Å². The summed E-state index contributed by atoms with van der Waals surface area (Å²) in [4.78, 5) is 28.3. The zero-order valence-electron chi connectivity index (χ0n) is 16.8. The molecule has 2 aliphatic heterocycles. The Morgan fingerprint density at radius 1 is 0.966 bits per heavy atom. The van der Waals surface area contributed by atoms with Gasteiger partial charge in [-0.1, -0.05) is 42.5 Å². The van der Waals surface area contributed by atoms with Gasteiger partial charge in [-0.15, -0.1) is 0 Å². The average molecular weight is 392 g/mol. The number of nitrogens with one attached hydrogen (secondary N) is 1. The van der Waals surface area contributed by atoms with Crippen molar-refractivity contribution in [2.24, 2.45) is 0 Å². The fourth-order valence-corrected chi connectivity index (χ4v) is 4.32. The summed E-state index contributed by atoms with van der Waals surface area (Å²) in [6.07, 6.45) is 3.78. The molecule has 2 heterocycles. The standard InChI is InChI=1S/C24H29N3O2/c28-23(18-26-15-12-21(13-16-26)20-5-2-1-3-6-20)25-17-19-8-10-22(11-9-19)27-14-4-7-24(27)29/h1-3,5-6,8-11,21H,4,7,12-18H2,(H,25,28). The molecule has 2 saturated heterocycles. The molecule has 1 N–H and O–H groups in total. The first-order valence-corrected chi connectivity index (χ1v) is 10.6. The van der Waals surface area contributed by atoms with Crippen LogP contribution in [0.25, 0.3) is 0 Å². The summed E-state index contributed by atoms with van der Waals surface area (Å²) in [6.45, 7) is 3.71. The molecule has 2 aliphatic rings. The molecule has 0 radical (unpaired) electrons. The first-order valence-electron chi connectivity index (χ1n) is 10.6. The van der Waals surface area contributed by atoms with Crippen molar-refractivity contribution in [2.75, 3.05) is 31.1 Å². The highest BCUT2D eigenvalue weighted by molar-refractivity contribution is 5.95. The highest BCUT2D eigenvalue weighted by atomic mass is 16.2. The molecule has 2 amide bonds. The number of likely N-dealkylation sites (tertiary alicyclic amines) is 1. The molecule has 0 aliphatic carbocycles. The van der Waals surface area contributed by atoms with Gasteiger partial charge in [0.1, 0.15) is 0 Å². The van der Waals surface area contributed by atoms with Gasteiger partial charge in [-0.05, 0) is 61.5 Å². The quantitative estimate of drug-likeness (QED) is 0.822. The van der Waals surface area contributed by atoms with E-state index in [0.29, 0.717) is 25.4 Å². The molecule has 0 bridgehead atoms. The Hall–Kier alpha value is -2.66. The molecule has 4 rings (SSSR count). The van der Waals surface area contributed by atoms with Gasteiger partial charge in [-0.2, -0.15) is 0 Å². The van der Waals surface area contributed by atoms with Crippen LogP contribution in [0.15, 0.2) is 54.6 Å². The minimum atomic E-state index is 0.0713. The smallest absolute Gasteiger partial charge is 0.234 e. The average Bonchev–Trinajstić information content (AvgIpc) is 3.20. The molecule has 0 spiro atoms. The molecule has 152 valence electrons. The van der Waals surface area contributed by atoms with E-state index >= 15 is 0 Å². The summed E-state index contributed by atoms with van der Waals surface area (Å²) >= 11 is 0. The van der Waals surface area contributed by atoms with Crippen LogP contribution in [0.5, 0.6) is 0 Å². The van der Waals surface area contributed by atoms with Gasteiger partial charge in [0.15, 0.2) is 0 Å². The van der Waals surface area contributed by atoms with Crippen LogP contribution in [0.4, 0.5) is 5.69 Å². The third-order valence-electron chi connectivity index (χ3n) is 6.04. The second-order valence-electron chi connectivity index (χ2n) is 8.05.